The molecule has 0 unspecified atom stereocenters. The fraction of sp³-hybridized carbons (Fsp3) is 0. The summed E-state index contributed by atoms with van der Waals surface area (Å²) in [6.45, 7) is 0. The smallest absolute Gasteiger partial charge is 0.138 e. The van der Waals surface area contributed by atoms with Crippen molar-refractivity contribution in [2.45, 2.75) is 0 Å². The average Bonchev–Trinajstić information content (AvgIpc) is 3.38. The van der Waals surface area contributed by atoms with Crippen LogP contribution in [0.4, 0.5) is 11.5 Å². The summed E-state index contributed by atoms with van der Waals surface area (Å²) in [4.78, 5) is 4.53. The van der Waals surface area contributed by atoms with Gasteiger partial charge < -0.3 is 5.32 Å². The standard InChI is InChI=1S/C21H15N6/c1-2-5-14(6-3-1)20-18(13-24-27-20)17-7-4-10-22-21(17)25-16-9-8-15-12-23-26-19(15)11-16/h1-12H,(H,22,25)(H,23,26)(H,24,27). The minimum atomic E-state index is 0.742. The molecule has 0 spiro atoms. The van der Waals surface area contributed by atoms with Crippen molar-refractivity contribution in [2.75, 3.05) is 5.32 Å². The molecule has 0 aliphatic rings. The van der Waals surface area contributed by atoms with E-state index in [-0.39, 0.29) is 0 Å². The van der Waals surface area contributed by atoms with E-state index in [1.54, 1.807) is 12.4 Å². The molecule has 27 heavy (non-hydrogen) atoms. The zero-order chi connectivity index (χ0) is 18.1. The summed E-state index contributed by atoms with van der Waals surface area (Å²) in [5.41, 5.74) is 5.57. The SMILES string of the molecule is [c]1[nH]nc(-c2ccccc2)c1-c1cccnc1Nc1ccc2cn[nH]c2c1. The average molecular weight is 351 g/mol. The van der Waals surface area contributed by atoms with Crippen LogP contribution in [-0.4, -0.2) is 25.4 Å². The molecule has 0 aliphatic carbocycles. The highest BCUT2D eigenvalue weighted by Gasteiger charge is 2.15. The van der Waals surface area contributed by atoms with Gasteiger partial charge in [-0.3, -0.25) is 10.2 Å². The number of pyridine rings is 1. The Hall–Kier alpha value is -3.93. The van der Waals surface area contributed by atoms with Crippen molar-refractivity contribution in [3.8, 4) is 22.4 Å². The fourth-order valence-corrected chi connectivity index (χ4v) is 3.11. The van der Waals surface area contributed by atoms with Gasteiger partial charge in [-0.05, 0) is 30.3 Å². The Bertz CT molecular complexity index is 1210. The Kier molecular flexibility index (Phi) is 3.65. The van der Waals surface area contributed by atoms with Crippen molar-refractivity contribution in [3.63, 3.8) is 0 Å². The molecule has 3 aromatic heterocycles. The van der Waals surface area contributed by atoms with Crippen LogP contribution >= 0.6 is 0 Å². The van der Waals surface area contributed by atoms with Gasteiger partial charge in [-0.1, -0.05) is 30.3 Å². The lowest BCUT2D eigenvalue weighted by atomic mass is 10.0. The molecule has 0 amide bonds. The molecule has 129 valence electrons. The van der Waals surface area contributed by atoms with E-state index in [0.29, 0.717) is 0 Å². The Balaban J connectivity index is 1.57. The molecule has 3 heterocycles. The van der Waals surface area contributed by atoms with Crippen molar-refractivity contribution < 1.29 is 0 Å². The van der Waals surface area contributed by atoms with Crippen molar-refractivity contribution in [1.29, 1.82) is 0 Å². The molecule has 1 radical (unpaired) electrons. The van der Waals surface area contributed by atoms with E-state index in [9.17, 15) is 0 Å². The van der Waals surface area contributed by atoms with Gasteiger partial charge in [0, 0.05) is 34.0 Å². The highest BCUT2D eigenvalue weighted by atomic mass is 15.1. The predicted molar refractivity (Wildman–Crippen MR) is 105 cm³/mol. The summed E-state index contributed by atoms with van der Waals surface area (Å²) >= 11 is 0. The molecule has 3 N–H and O–H groups in total. The molecule has 0 fully saturated rings. The van der Waals surface area contributed by atoms with Crippen LogP contribution in [0.25, 0.3) is 33.3 Å². The van der Waals surface area contributed by atoms with Gasteiger partial charge in [0.25, 0.3) is 0 Å². The third-order valence-electron chi connectivity index (χ3n) is 4.41. The molecular formula is C21H15N6. The first-order chi connectivity index (χ1) is 13.4. The second kappa shape index (κ2) is 6.42. The number of hydrogen-bond donors (Lipinski definition) is 3. The molecule has 2 aromatic carbocycles. The van der Waals surface area contributed by atoms with Crippen molar-refractivity contribution in [1.82, 2.24) is 25.4 Å². The third kappa shape index (κ3) is 2.83. The molecule has 5 rings (SSSR count). The number of rotatable bonds is 4. The molecule has 0 atom stereocenters. The summed E-state index contributed by atoms with van der Waals surface area (Å²) in [5.74, 6) is 0.742. The predicted octanol–water partition coefficient (Wildman–Crippen LogP) is 4.56. The largest absolute Gasteiger partial charge is 0.340 e. The zero-order valence-electron chi connectivity index (χ0n) is 14.3. The number of nitrogens with zero attached hydrogens (tertiary/aromatic N) is 3. The molecule has 5 aromatic rings. The number of aromatic amines is 2. The van der Waals surface area contributed by atoms with Gasteiger partial charge in [0.2, 0.25) is 0 Å². The summed E-state index contributed by atoms with van der Waals surface area (Å²) in [6, 6.07) is 20.0. The molecule has 0 saturated carbocycles. The summed E-state index contributed by atoms with van der Waals surface area (Å²) in [5, 5.41) is 18.8. The van der Waals surface area contributed by atoms with Gasteiger partial charge in [-0.15, -0.1) is 0 Å². The summed E-state index contributed by atoms with van der Waals surface area (Å²) in [7, 11) is 0. The number of nitrogens with one attached hydrogen (secondary N) is 3. The number of aromatic nitrogens is 5. The van der Waals surface area contributed by atoms with Gasteiger partial charge >= 0.3 is 0 Å². The maximum absolute atomic E-state index is 4.53. The molecule has 0 bridgehead atoms. The molecular weight excluding hydrogens is 336 g/mol. The van der Waals surface area contributed by atoms with Crippen LogP contribution in [0.5, 0.6) is 0 Å². The molecule has 0 aliphatic heterocycles. The van der Waals surface area contributed by atoms with Crippen LogP contribution in [0.2, 0.25) is 0 Å². The molecule has 0 saturated heterocycles. The Morgan fingerprint density at radius 2 is 1.89 bits per heavy atom. The van der Waals surface area contributed by atoms with Gasteiger partial charge in [-0.25, -0.2) is 4.98 Å². The summed E-state index contributed by atoms with van der Waals surface area (Å²) < 4.78 is 0. The van der Waals surface area contributed by atoms with E-state index in [0.717, 1.165) is 44.8 Å². The first kappa shape index (κ1) is 15.3. The minimum absolute atomic E-state index is 0.742. The number of hydrogen-bond acceptors (Lipinski definition) is 4. The Labute approximate surface area is 155 Å². The Morgan fingerprint density at radius 1 is 0.963 bits per heavy atom. The first-order valence-electron chi connectivity index (χ1n) is 8.55. The van der Waals surface area contributed by atoms with Gasteiger partial charge in [-0.2, -0.15) is 10.2 Å². The van der Waals surface area contributed by atoms with E-state index in [1.807, 2.05) is 60.7 Å². The van der Waals surface area contributed by atoms with E-state index in [1.165, 1.54) is 0 Å². The lowest BCUT2D eigenvalue weighted by Gasteiger charge is -2.11. The highest BCUT2D eigenvalue weighted by molar-refractivity contribution is 5.88. The number of anilines is 2. The lowest BCUT2D eigenvalue weighted by molar-refractivity contribution is 1.09. The lowest BCUT2D eigenvalue weighted by Crippen LogP contribution is -1.96. The van der Waals surface area contributed by atoms with E-state index in [2.05, 4.69) is 36.9 Å². The monoisotopic (exact) mass is 351 g/mol. The van der Waals surface area contributed by atoms with E-state index >= 15 is 0 Å². The second-order valence-corrected chi connectivity index (χ2v) is 6.13. The van der Waals surface area contributed by atoms with Crippen LogP contribution in [0.1, 0.15) is 0 Å². The van der Waals surface area contributed by atoms with Crippen molar-refractivity contribution >= 4 is 22.4 Å². The highest BCUT2D eigenvalue weighted by Crippen LogP contribution is 2.34. The van der Waals surface area contributed by atoms with Crippen LogP contribution in [0.15, 0.2) is 73.1 Å². The second-order valence-electron chi connectivity index (χ2n) is 6.13. The summed E-state index contributed by atoms with van der Waals surface area (Å²) in [6.07, 6.45) is 6.71. The van der Waals surface area contributed by atoms with E-state index < -0.39 is 0 Å². The van der Waals surface area contributed by atoms with E-state index in [4.69, 9.17) is 0 Å². The van der Waals surface area contributed by atoms with Crippen molar-refractivity contribution in [2.24, 2.45) is 0 Å². The number of H-pyrrole nitrogens is 2. The van der Waals surface area contributed by atoms with Crippen LogP contribution in [0, 0.1) is 6.20 Å². The first-order valence-corrected chi connectivity index (χ1v) is 8.55. The molecule has 6 heteroatoms. The molecule has 6 nitrogen and oxygen atoms in total. The van der Waals surface area contributed by atoms with Crippen LogP contribution < -0.4 is 5.32 Å². The number of benzene rings is 2. The third-order valence-corrected chi connectivity index (χ3v) is 4.41. The quantitative estimate of drug-likeness (QED) is 0.443. The van der Waals surface area contributed by atoms with Gasteiger partial charge in [0.15, 0.2) is 0 Å². The minimum Gasteiger partial charge on any atom is -0.340 e. The normalized spacial score (nSPS) is 11.0. The number of fused-ring (bicyclic) bond motifs is 1. The van der Waals surface area contributed by atoms with Crippen LogP contribution in [0.3, 0.4) is 0 Å². The topological polar surface area (TPSA) is 82.3 Å². The Morgan fingerprint density at radius 3 is 2.81 bits per heavy atom. The van der Waals surface area contributed by atoms with Gasteiger partial charge in [0.1, 0.15) is 11.5 Å². The zero-order valence-corrected chi connectivity index (χ0v) is 14.3. The fourth-order valence-electron chi connectivity index (χ4n) is 3.11. The van der Waals surface area contributed by atoms with Crippen LogP contribution in [-0.2, 0) is 0 Å². The van der Waals surface area contributed by atoms with Crippen molar-refractivity contribution in [3.05, 3.63) is 79.3 Å². The maximum atomic E-state index is 4.53. The van der Waals surface area contributed by atoms with Gasteiger partial charge in [0.05, 0.1) is 17.9 Å². The maximum Gasteiger partial charge on any atom is 0.138 e.